The zero-order valence-electron chi connectivity index (χ0n) is 18.8. The third-order valence-electron chi connectivity index (χ3n) is 6.35. The molecule has 0 bridgehead atoms. The molecule has 5 rings (SSSR count). The number of H-pyrrole nitrogens is 1. The number of amides is 1. The van der Waals surface area contributed by atoms with Gasteiger partial charge >= 0.3 is 0 Å². The fourth-order valence-electron chi connectivity index (χ4n) is 4.61. The van der Waals surface area contributed by atoms with E-state index < -0.39 is 22.7 Å². The van der Waals surface area contributed by atoms with Crippen LogP contribution in [-0.4, -0.2) is 38.1 Å². The van der Waals surface area contributed by atoms with Crippen LogP contribution in [0.3, 0.4) is 0 Å². The quantitative estimate of drug-likeness (QED) is 0.109. The van der Waals surface area contributed by atoms with Gasteiger partial charge in [0, 0.05) is 45.8 Å². The van der Waals surface area contributed by atoms with Crippen molar-refractivity contribution in [2.24, 2.45) is 0 Å². The molecule has 8 nitrogen and oxygen atoms in total. The molecule has 1 saturated heterocycles. The van der Waals surface area contributed by atoms with Crippen molar-refractivity contribution >= 4 is 50.0 Å². The molecule has 2 heterocycles. The van der Waals surface area contributed by atoms with E-state index in [1.165, 1.54) is 23.1 Å². The highest BCUT2D eigenvalue weighted by atomic mass is 79.9. The van der Waals surface area contributed by atoms with E-state index in [2.05, 4.69) is 20.9 Å². The minimum Gasteiger partial charge on any atom is -0.507 e. The van der Waals surface area contributed by atoms with Crippen LogP contribution in [0.25, 0.3) is 16.7 Å². The molecule has 9 heteroatoms. The van der Waals surface area contributed by atoms with E-state index >= 15 is 0 Å². The summed E-state index contributed by atoms with van der Waals surface area (Å²) in [6.07, 6.45) is 2.31. The molecule has 1 amide bonds. The van der Waals surface area contributed by atoms with E-state index in [4.69, 9.17) is 0 Å². The van der Waals surface area contributed by atoms with E-state index in [1.807, 2.05) is 30.5 Å². The van der Waals surface area contributed by atoms with Crippen LogP contribution in [0.2, 0.25) is 0 Å². The molecule has 0 spiro atoms. The number of carbonyl (C=O) groups excluding carboxylic acids is 2. The number of para-hydroxylation sites is 1. The maximum Gasteiger partial charge on any atom is 0.295 e. The summed E-state index contributed by atoms with van der Waals surface area (Å²) in [6.45, 7) is 0.177. The summed E-state index contributed by atoms with van der Waals surface area (Å²) in [5.74, 6) is -1.91. The van der Waals surface area contributed by atoms with E-state index in [0.717, 1.165) is 20.9 Å². The number of aromatic amines is 1. The van der Waals surface area contributed by atoms with Crippen LogP contribution in [0.4, 0.5) is 5.69 Å². The molecular weight excluding hydrogens is 526 g/mol. The molecule has 1 fully saturated rings. The second kappa shape index (κ2) is 9.43. The van der Waals surface area contributed by atoms with Gasteiger partial charge in [0.25, 0.3) is 17.4 Å². The number of nitrogens with one attached hydrogen (secondary N) is 1. The van der Waals surface area contributed by atoms with Gasteiger partial charge in [0.15, 0.2) is 0 Å². The molecule has 0 radical (unpaired) electrons. The van der Waals surface area contributed by atoms with Gasteiger partial charge in [-0.05, 0) is 35.7 Å². The van der Waals surface area contributed by atoms with Crippen LogP contribution in [0, 0.1) is 10.1 Å². The number of hydrogen-bond donors (Lipinski definition) is 2. The number of hydrogen-bond acceptors (Lipinski definition) is 5. The number of nitro benzene ring substituents is 1. The summed E-state index contributed by atoms with van der Waals surface area (Å²) >= 11 is 3.34. The van der Waals surface area contributed by atoms with Crippen LogP contribution in [-0.2, 0) is 16.0 Å². The topological polar surface area (TPSA) is 117 Å². The van der Waals surface area contributed by atoms with Gasteiger partial charge in [-0.1, -0.05) is 58.4 Å². The zero-order chi connectivity index (χ0) is 25.4. The molecule has 1 aliphatic heterocycles. The summed E-state index contributed by atoms with van der Waals surface area (Å²) in [6, 6.07) is 19.3. The summed E-state index contributed by atoms with van der Waals surface area (Å²) in [4.78, 5) is 41.9. The van der Waals surface area contributed by atoms with Crippen molar-refractivity contribution in [3.8, 4) is 0 Å². The van der Waals surface area contributed by atoms with Gasteiger partial charge in [0.2, 0.25) is 0 Å². The number of carbonyl (C=O) groups is 2. The standard InChI is InChI=1S/C27H20BrN3O5/c28-19-10-8-16(9-11-19)25(32)23-24(17-4-3-5-20(14-17)31(35)36)30(27(34)26(23)33)13-12-18-15-29-22-7-2-1-6-21(18)22/h1-11,14-15,24,29,32H,12-13H2/t24-/m0/s1. The molecule has 1 atom stereocenters. The summed E-state index contributed by atoms with van der Waals surface area (Å²) < 4.78 is 0.786. The fourth-order valence-corrected chi connectivity index (χ4v) is 4.87. The first-order valence-electron chi connectivity index (χ1n) is 11.2. The van der Waals surface area contributed by atoms with Crippen molar-refractivity contribution in [3.63, 3.8) is 0 Å². The van der Waals surface area contributed by atoms with Gasteiger partial charge in [0.05, 0.1) is 16.5 Å². The Bertz CT molecular complexity index is 1540. The van der Waals surface area contributed by atoms with Gasteiger partial charge in [0.1, 0.15) is 5.76 Å². The number of aliphatic hydroxyl groups is 1. The maximum absolute atomic E-state index is 13.2. The normalized spacial score (nSPS) is 17.1. The number of halogens is 1. The van der Waals surface area contributed by atoms with Crippen LogP contribution < -0.4 is 0 Å². The predicted molar refractivity (Wildman–Crippen MR) is 138 cm³/mol. The van der Waals surface area contributed by atoms with Gasteiger partial charge in [-0.3, -0.25) is 19.7 Å². The SMILES string of the molecule is O=C1C(=O)N(CCc2c[nH]c3ccccc23)[C@@H](c2cccc([N+](=O)[O-])c2)C1=C(O)c1ccc(Br)cc1. The highest BCUT2D eigenvalue weighted by molar-refractivity contribution is 9.10. The molecule has 4 aromatic rings. The third kappa shape index (κ3) is 4.18. The number of ketones is 1. The summed E-state index contributed by atoms with van der Waals surface area (Å²) in [7, 11) is 0. The highest BCUT2D eigenvalue weighted by Crippen LogP contribution is 2.40. The number of aliphatic hydroxyl groups excluding tert-OH is 1. The number of non-ortho nitro benzene ring substituents is 1. The van der Waals surface area contributed by atoms with Crippen molar-refractivity contribution in [1.82, 2.24) is 9.88 Å². The molecule has 0 unspecified atom stereocenters. The highest BCUT2D eigenvalue weighted by Gasteiger charge is 2.46. The largest absolute Gasteiger partial charge is 0.507 e. The third-order valence-corrected chi connectivity index (χ3v) is 6.88. The Kier molecular flexibility index (Phi) is 6.15. The van der Waals surface area contributed by atoms with E-state index in [1.54, 1.807) is 30.3 Å². The number of nitro groups is 1. The van der Waals surface area contributed by atoms with Gasteiger partial charge in [-0.2, -0.15) is 0 Å². The first-order valence-corrected chi connectivity index (χ1v) is 12.0. The fraction of sp³-hybridized carbons (Fsp3) is 0.111. The van der Waals surface area contributed by atoms with Crippen molar-refractivity contribution < 1.29 is 19.6 Å². The molecule has 0 aliphatic carbocycles. The predicted octanol–water partition coefficient (Wildman–Crippen LogP) is 5.50. The summed E-state index contributed by atoms with van der Waals surface area (Å²) in [5.41, 5.74) is 2.41. The second-order valence-corrected chi connectivity index (χ2v) is 9.38. The molecule has 180 valence electrons. The Labute approximate surface area is 214 Å². The Morgan fingerprint density at radius 3 is 2.56 bits per heavy atom. The maximum atomic E-state index is 13.2. The lowest BCUT2D eigenvalue weighted by Gasteiger charge is -2.25. The van der Waals surface area contributed by atoms with Gasteiger partial charge < -0.3 is 15.0 Å². The molecule has 1 aliphatic rings. The first-order chi connectivity index (χ1) is 17.3. The van der Waals surface area contributed by atoms with Crippen molar-refractivity contribution in [3.05, 3.63) is 116 Å². The lowest BCUT2D eigenvalue weighted by atomic mass is 9.95. The number of nitrogens with zero attached hydrogens (tertiary/aromatic N) is 2. The Hall–Kier alpha value is -4.24. The number of aromatic nitrogens is 1. The second-order valence-electron chi connectivity index (χ2n) is 8.46. The van der Waals surface area contributed by atoms with Crippen LogP contribution in [0.5, 0.6) is 0 Å². The van der Waals surface area contributed by atoms with Crippen LogP contribution in [0.15, 0.2) is 89.0 Å². The number of fused-ring (bicyclic) bond motifs is 1. The molecule has 0 saturated carbocycles. The smallest absolute Gasteiger partial charge is 0.295 e. The average Bonchev–Trinajstić information content (AvgIpc) is 3.41. The van der Waals surface area contributed by atoms with Gasteiger partial charge in [-0.25, -0.2) is 0 Å². The molecule has 3 aromatic carbocycles. The van der Waals surface area contributed by atoms with E-state index in [-0.39, 0.29) is 23.6 Å². The number of Topliss-reactive ketones (excluding diaryl/α,β-unsaturated/α-hetero) is 1. The average molecular weight is 546 g/mol. The van der Waals surface area contributed by atoms with Crippen molar-refractivity contribution in [1.29, 1.82) is 0 Å². The minimum atomic E-state index is -0.973. The molecular formula is C27H20BrN3O5. The van der Waals surface area contributed by atoms with Crippen LogP contribution >= 0.6 is 15.9 Å². The van der Waals surface area contributed by atoms with Crippen LogP contribution in [0.1, 0.15) is 22.7 Å². The number of likely N-dealkylation sites (tertiary alicyclic amines) is 1. The Morgan fingerprint density at radius 2 is 1.81 bits per heavy atom. The lowest BCUT2D eigenvalue weighted by molar-refractivity contribution is -0.384. The Balaban J connectivity index is 1.59. The molecule has 2 N–H and O–H groups in total. The summed E-state index contributed by atoms with van der Waals surface area (Å²) in [5, 5.41) is 23.6. The Morgan fingerprint density at radius 1 is 1.06 bits per heavy atom. The number of rotatable bonds is 6. The van der Waals surface area contributed by atoms with Gasteiger partial charge in [-0.15, -0.1) is 0 Å². The van der Waals surface area contributed by atoms with Crippen molar-refractivity contribution in [2.45, 2.75) is 12.5 Å². The lowest BCUT2D eigenvalue weighted by Crippen LogP contribution is -2.31. The van der Waals surface area contributed by atoms with E-state index in [0.29, 0.717) is 17.5 Å². The molecule has 36 heavy (non-hydrogen) atoms. The monoisotopic (exact) mass is 545 g/mol. The zero-order valence-corrected chi connectivity index (χ0v) is 20.4. The minimum absolute atomic E-state index is 0.0956. The molecule has 1 aromatic heterocycles. The first kappa shape index (κ1) is 23.5. The van der Waals surface area contributed by atoms with Crippen molar-refractivity contribution in [2.75, 3.05) is 6.54 Å². The van der Waals surface area contributed by atoms with E-state index in [9.17, 15) is 24.8 Å². The number of benzene rings is 3.